The first-order valence-corrected chi connectivity index (χ1v) is 8.89. The Bertz CT molecular complexity index is 805. The number of pyridine rings is 2. The first-order chi connectivity index (χ1) is 11.8. The molecule has 1 saturated carbocycles. The molecule has 0 saturated heterocycles. The van der Waals surface area contributed by atoms with E-state index in [2.05, 4.69) is 27.5 Å². The topological polar surface area (TPSA) is 46.1 Å². The minimum absolute atomic E-state index is 0.0352. The Balaban J connectivity index is 1.56. The van der Waals surface area contributed by atoms with Crippen LogP contribution in [0.4, 0.5) is 5.69 Å². The number of nitrogens with zero attached hydrogens (tertiary/aromatic N) is 3. The molecule has 4 nitrogen and oxygen atoms in total. The molecule has 0 bridgehead atoms. The Morgan fingerprint density at radius 2 is 2.00 bits per heavy atom. The largest absolute Gasteiger partial charge is 0.306 e. The number of carbonyl (C=O) groups is 1. The van der Waals surface area contributed by atoms with Crippen molar-refractivity contribution in [1.29, 1.82) is 0 Å². The van der Waals surface area contributed by atoms with Crippen molar-refractivity contribution in [3.05, 3.63) is 77.0 Å². The van der Waals surface area contributed by atoms with Gasteiger partial charge in [0.1, 0.15) is 0 Å². The molecule has 3 aromatic rings. The van der Waals surface area contributed by atoms with Gasteiger partial charge in [-0.15, -0.1) is 0 Å². The molecule has 1 fully saturated rings. The van der Waals surface area contributed by atoms with Gasteiger partial charge in [0.05, 0.1) is 18.4 Å². The molecule has 3 aromatic heterocycles. The van der Waals surface area contributed by atoms with Crippen LogP contribution in [0.3, 0.4) is 0 Å². The second-order valence-corrected chi connectivity index (χ2v) is 6.78. The molecule has 0 radical (unpaired) electrons. The maximum atomic E-state index is 13.1. The van der Waals surface area contributed by atoms with Gasteiger partial charge in [-0.3, -0.25) is 14.8 Å². The fraction of sp³-hybridized carbons (Fsp3) is 0.211. The summed E-state index contributed by atoms with van der Waals surface area (Å²) in [5.41, 5.74) is 3.15. The molecule has 0 aromatic carbocycles. The molecule has 0 aliphatic heterocycles. The molecule has 1 amide bonds. The minimum atomic E-state index is 0.0352. The van der Waals surface area contributed by atoms with Crippen LogP contribution in [0.15, 0.2) is 65.9 Å². The van der Waals surface area contributed by atoms with E-state index < -0.39 is 0 Å². The van der Waals surface area contributed by atoms with E-state index in [0.717, 1.165) is 23.2 Å². The smallest absolute Gasteiger partial charge is 0.231 e. The fourth-order valence-corrected chi connectivity index (χ4v) is 3.67. The van der Waals surface area contributed by atoms with E-state index in [-0.39, 0.29) is 17.7 Å². The zero-order chi connectivity index (χ0) is 16.4. The molecule has 2 atom stereocenters. The second kappa shape index (κ2) is 6.53. The highest BCUT2D eigenvalue weighted by Crippen LogP contribution is 2.48. The number of thiophene rings is 1. The standard InChI is InChI=1S/C19H17N3OS/c23-19(18-9-17(18)15-3-1-6-20-10-15)22(12-14-5-8-24-13-14)16-4-2-7-21-11-16/h1-8,10-11,13,17-18H,9,12H2. The molecule has 120 valence electrons. The van der Waals surface area contributed by atoms with Crippen molar-refractivity contribution in [1.82, 2.24) is 9.97 Å². The van der Waals surface area contributed by atoms with Gasteiger partial charge in [0, 0.05) is 24.5 Å². The molecule has 24 heavy (non-hydrogen) atoms. The van der Waals surface area contributed by atoms with Crippen LogP contribution >= 0.6 is 11.3 Å². The van der Waals surface area contributed by atoms with Crippen molar-refractivity contribution < 1.29 is 4.79 Å². The molecule has 5 heteroatoms. The Morgan fingerprint density at radius 3 is 2.67 bits per heavy atom. The summed E-state index contributed by atoms with van der Waals surface area (Å²) in [6.07, 6.45) is 8.01. The van der Waals surface area contributed by atoms with Gasteiger partial charge in [-0.05, 0) is 58.5 Å². The van der Waals surface area contributed by atoms with E-state index in [4.69, 9.17) is 0 Å². The van der Waals surface area contributed by atoms with Crippen LogP contribution in [-0.4, -0.2) is 15.9 Å². The average molecular weight is 335 g/mol. The van der Waals surface area contributed by atoms with Gasteiger partial charge in [-0.1, -0.05) is 6.07 Å². The van der Waals surface area contributed by atoms with Crippen molar-refractivity contribution in [3.63, 3.8) is 0 Å². The summed E-state index contributed by atoms with van der Waals surface area (Å²) in [5, 5.41) is 4.12. The number of carbonyl (C=O) groups excluding carboxylic acids is 1. The monoisotopic (exact) mass is 335 g/mol. The highest BCUT2D eigenvalue weighted by Gasteiger charge is 2.46. The third kappa shape index (κ3) is 3.08. The summed E-state index contributed by atoms with van der Waals surface area (Å²) < 4.78 is 0. The maximum absolute atomic E-state index is 13.1. The first kappa shape index (κ1) is 15.0. The van der Waals surface area contributed by atoms with Crippen molar-refractivity contribution in [2.45, 2.75) is 18.9 Å². The zero-order valence-corrected chi connectivity index (χ0v) is 13.9. The average Bonchev–Trinajstić information content (AvgIpc) is 3.28. The quantitative estimate of drug-likeness (QED) is 0.711. The molecule has 3 heterocycles. The second-order valence-electron chi connectivity index (χ2n) is 6.00. The number of anilines is 1. The van der Waals surface area contributed by atoms with Crippen LogP contribution in [0, 0.1) is 5.92 Å². The summed E-state index contributed by atoms with van der Waals surface area (Å²) in [5.74, 6) is 0.490. The van der Waals surface area contributed by atoms with Crippen LogP contribution in [0.5, 0.6) is 0 Å². The van der Waals surface area contributed by atoms with Crippen molar-refractivity contribution in [3.8, 4) is 0 Å². The number of amides is 1. The van der Waals surface area contributed by atoms with E-state index in [1.54, 1.807) is 29.9 Å². The van der Waals surface area contributed by atoms with Crippen LogP contribution in [0.25, 0.3) is 0 Å². The van der Waals surface area contributed by atoms with E-state index in [9.17, 15) is 4.79 Å². The summed E-state index contributed by atoms with van der Waals surface area (Å²) in [7, 11) is 0. The van der Waals surface area contributed by atoms with Gasteiger partial charge in [0.2, 0.25) is 5.91 Å². The number of hydrogen-bond donors (Lipinski definition) is 0. The van der Waals surface area contributed by atoms with Crippen LogP contribution < -0.4 is 4.90 Å². The SMILES string of the molecule is O=C(C1CC1c1cccnc1)N(Cc1ccsc1)c1cccnc1. The Hall–Kier alpha value is -2.53. The van der Waals surface area contributed by atoms with Crippen LogP contribution in [-0.2, 0) is 11.3 Å². The summed E-state index contributed by atoms with van der Waals surface area (Å²) in [6.45, 7) is 0.588. The predicted octanol–water partition coefficient (Wildman–Crippen LogP) is 3.88. The number of aromatic nitrogens is 2. The zero-order valence-electron chi connectivity index (χ0n) is 13.1. The van der Waals surface area contributed by atoms with Gasteiger partial charge in [0.25, 0.3) is 0 Å². The normalized spacial score (nSPS) is 19.0. The van der Waals surface area contributed by atoms with Gasteiger partial charge in [-0.25, -0.2) is 0 Å². The van der Waals surface area contributed by atoms with Crippen molar-refractivity contribution in [2.75, 3.05) is 4.90 Å². The molecule has 0 N–H and O–H groups in total. The Morgan fingerprint density at radius 1 is 1.17 bits per heavy atom. The van der Waals surface area contributed by atoms with E-state index in [0.29, 0.717) is 6.54 Å². The van der Waals surface area contributed by atoms with Crippen LogP contribution in [0.1, 0.15) is 23.5 Å². The molecule has 1 aliphatic carbocycles. The van der Waals surface area contributed by atoms with Crippen LogP contribution in [0.2, 0.25) is 0 Å². The van der Waals surface area contributed by atoms with Gasteiger partial charge < -0.3 is 4.90 Å². The lowest BCUT2D eigenvalue weighted by molar-refractivity contribution is -0.120. The Kier molecular flexibility index (Phi) is 4.09. The first-order valence-electron chi connectivity index (χ1n) is 7.95. The van der Waals surface area contributed by atoms with E-state index in [1.165, 1.54) is 0 Å². The van der Waals surface area contributed by atoms with Gasteiger partial charge in [0.15, 0.2) is 0 Å². The molecule has 4 rings (SSSR count). The Labute approximate surface area is 144 Å². The lowest BCUT2D eigenvalue weighted by Crippen LogP contribution is -2.32. The fourth-order valence-electron chi connectivity index (χ4n) is 3.01. The molecule has 2 unspecified atom stereocenters. The third-order valence-electron chi connectivity index (χ3n) is 4.36. The predicted molar refractivity (Wildman–Crippen MR) is 94.8 cm³/mol. The maximum Gasteiger partial charge on any atom is 0.231 e. The molecule has 0 spiro atoms. The third-order valence-corrected chi connectivity index (χ3v) is 5.10. The summed E-state index contributed by atoms with van der Waals surface area (Å²) >= 11 is 1.65. The van der Waals surface area contributed by atoms with E-state index >= 15 is 0 Å². The lowest BCUT2D eigenvalue weighted by atomic mass is 10.1. The number of rotatable bonds is 5. The highest BCUT2D eigenvalue weighted by atomic mass is 32.1. The number of hydrogen-bond acceptors (Lipinski definition) is 4. The minimum Gasteiger partial charge on any atom is -0.306 e. The van der Waals surface area contributed by atoms with Crippen molar-refractivity contribution in [2.24, 2.45) is 5.92 Å². The lowest BCUT2D eigenvalue weighted by Gasteiger charge is -2.22. The van der Waals surface area contributed by atoms with Gasteiger partial charge >= 0.3 is 0 Å². The molecular weight excluding hydrogens is 318 g/mol. The highest BCUT2D eigenvalue weighted by molar-refractivity contribution is 7.07. The van der Waals surface area contributed by atoms with Gasteiger partial charge in [-0.2, -0.15) is 11.3 Å². The van der Waals surface area contributed by atoms with Crippen molar-refractivity contribution >= 4 is 22.9 Å². The van der Waals surface area contributed by atoms with E-state index in [1.807, 2.05) is 34.7 Å². The summed E-state index contributed by atoms with van der Waals surface area (Å²) in [6, 6.07) is 9.86. The summed E-state index contributed by atoms with van der Waals surface area (Å²) in [4.78, 5) is 23.3. The molecule has 1 aliphatic rings. The molecular formula is C19H17N3OS.